The number of rotatable bonds is 2. The number of aldehydes is 1. The zero-order chi connectivity index (χ0) is 14.3. The predicted octanol–water partition coefficient (Wildman–Crippen LogP) is 3.80. The minimum Gasteiger partial charge on any atom is -0.497 e. The van der Waals surface area contributed by atoms with Gasteiger partial charge >= 0.3 is 0 Å². The molecule has 0 amide bonds. The molecule has 0 fully saturated rings. The SMILES string of the molecule is COc1ccc2c(c1)-c1cc(C=O)ccc1C(C)(C)O2. The van der Waals surface area contributed by atoms with Crippen LogP contribution in [0.2, 0.25) is 0 Å². The molecular weight excluding hydrogens is 252 g/mol. The molecule has 2 aromatic rings. The maximum absolute atomic E-state index is 11.0. The van der Waals surface area contributed by atoms with Gasteiger partial charge in [-0.25, -0.2) is 0 Å². The lowest BCUT2D eigenvalue weighted by Crippen LogP contribution is -2.29. The van der Waals surface area contributed by atoms with Crippen molar-refractivity contribution in [3.8, 4) is 22.6 Å². The van der Waals surface area contributed by atoms with Crippen molar-refractivity contribution in [1.29, 1.82) is 0 Å². The molecule has 1 aliphatic rings. The molecule has 1 aliphatic heterocycles. The van der Waals surface area contributed by atoms with Gasteiger partial charge in [-0.3, -0.25) is 4.79 Å². The molecule has 0 N–H and O–H groups in total. The lowest BCUT2D eigenvalue weighted by molar-refractivity contribution is 0.105. The molecular formula is C17H16O3. The molecule has 0 aromatic heterocycles. The highest BCUT2D eigenvalue weighted by molar-refractivity contribution is 5.84. The number of carbonyl (C=O) groups excluding carboxylic acids is 1. The lowest BCUT2D eigenvalue weighted by atomic mass is 9.85. The van der Waals surface area contributed by atoms with Crippen LogP contribution in [-0.2, 0) is 5.60 Å². The van der Waals surface area contributed by atoms with Gasteiger partial charge in [-0.2, -0.15) is 0 Å². The number of ether oxygens (including phenoxy) is 2. The van der Waals surface area contributed by atoms with Crippen LogP contribution in [0.5, 0.6) is 11.5 Å². The van der Waals surface area contributed by atoms with Gasteiger partial charge in [0.25, 0.3) is 0 Å². The summed E-state index contributed by atoms with van der Waals surface area (Å²) in [7, 11) is 1.64. The second kappa shape index (κ2) is 4.37. The van der Waals surface area contributed by atoms with E-state index >= 15 is 0 Å². The highest BCUT2D eigenvalue weighted by atomic mass is 16.5. The number of hydrogen-bond acceptors (Lipinski definition) is 3. The summed E-state index contributed by atoms with van der Waals surface area (Å²) in [6.07, 6.45) is 0.864. The summed E-state index contributed by atoms with van der Waals surface area (Å²) in [4.78, 5) is 11.0. The van der Waals surface area contributed by atoms with E-state index in [1.54, 1.807) is 7.11 Å². The van der Waals surface area contributed by atoms with Gasteiger partial charge in [-0.05, 0) is 43.7 Å². The quantitative estimate of drug-likeness (QED) is 0.777. The van der Waals surface area contributed by atoms with E-state index in [2.05, 4.69) is 0 Å². The van der Waals surface area contributed by atoms with Crippen LogP contribution in [0, 0.1) is 0 Å². The zero-order valence-electron chi connectivity index (χ0n) is 11.8. The van der Waals surface area contributed by atoms with Crippen molar-refractivity contribution in [2.75, 3.05) is 7.11 Å². The van der Waals surface area contributed by atoms with Crippen molar-refractivity contribution in [3.63, 3.8) is 0 Å². The minimum absolute atomic E-state index is 0.418. The van der Waals surface area contributed by atoms with E-state index < -0.39 is 5.60 Å². The molecule has 0 aliphatic carbocycles. The smallest absolute Gasteiger partial charge is 0.150 e. The predicted molar refractivity (Wildman–Crippen MR) is 77.5 cm³/mol. The minimum atomic E-state index is -0.418. The average Bonchev–Trinajstić information content (AvgIpc) is 2.46. The van der Waals surface area contributed by atoms with Crippen molar-refractivity contribution in [1.82, 2.24) is 0 Å². The Hall–Kier alpha value is -2.29. The van der Waals surface area contributed by atoms with Crippen LogP contribution >= 0.6 is 0 Å². The van der Waals surface area contributed by atoms with Crippen LogP contribution < -0.4 is 9.47 Å². The highest BCUT2D eigenvalue weighted by Gasteiger charge is 2.32. The highest BCUT2D eigenvalue weighted by Crippen LogP contribution is 2.46. The molecule has 0 spiro atoms. The first-order valence-corrected chi connectivity index (χ1v) is 6.52. The van der Waals surface area contributed by atoms with E-state index in [1.165, 1.54) is 0 Å². The standard InChI is InChI=1S/C17H16O3/c1-17(2)15-6-4-11(10-18)8-13(15)14-9-12(19-3)5-7-16(14)20-17/h4-10H,1-3H3. The first kappa shape index (κ1) is 12.7. The van der Waals surface area contributed by atoms with Gasteiger partial charge in [-0.15, -0.1) is 0 Å². The third-order valence-corrected chi connectivity index (χ3v) is 3.67. The first-order valence-electron chi connectivity index (χ1n) is 6.52. The maximum Gasteiger partial charge on any atom is 0.150 e. The van der Waals surface area contributed by atoms with Crippen LogP contribution in [0.4, 0.5) is 0 Å². The van der Waals surface area contributed by atoms with Crippen LogP contribution in [0.15, 0.2) is 36.4 Å². The summed E-state index contributed by atoms with van der Waals surface area (Å²) in [5.41, 5.74) is 3.31. The Morgan fingerprint density at radius 1 is 1.10 bits per heavy atom. The number of hydrogen-bond donors (Lipinski definition) is 0. The molecule has 20 heavy (non-hydrogen) atoms. The second-order valence-corrected chi connectivity index (χ2v) is 5.40. The monoisotopic (exact) mass is 268 g/mol. The van der Waals surface area contributed by atoms with Crippen molar-refractivity contribution < 1.29 is 14.3 Å². The van der Waals surface area contributed by atoms with Gasteiger partial charge in [0.1, 0.15) is 23.4 Å². The second-order valence-electron chi connectivity index (χ2n) is 5.40. The average molecular weight is 268 g/mol. The maximum atomic E-state index is 11.0. The molecule has 0 bridgehead atoms. The third-order valence-electron chi connectivity index (χ3n) is 3.67. The van der Waals surface area contributed by atoms with Crippen molar-refractivity contribution >= 4 is 6.29 Å². The van der Waals surface area contributed by atoms with Gasteiger partial charge in [-0.1, -0.05) is 12.1 Å². The normalized spacial score (nSPS) is 14.8. The lowest BCUT2D eigenvalue weighted by Gasteiger charge is -2.35. The Morgan fingerprint density at radius 2 is 1.90 bits per heavy atom. The molecule has 0 saturated carbocycles. The number of carbonyl (C=O) groups is 1. The van der Waals surface area contributed by atoms with Gasteiger partial charge in [0.05, 0.1) is 7.11 Å². The van der Waals surface area contributed by atoms with Crippen LogP contribution in [0.25, 0.3) is 11.1 Å². The van der Waals surface area contributed by atoms with E-state index in [1.807, 2.05) is 50.2 Å². The summed E-state index contributed by atoms with van der Waals surface area (Å²) < 4.78 is 11.4. The van der Waals surface area contributed by atoms with Crippen LogP contribution in [0.3, 0.4) is 0 Å². The van der Waals surface area contributed by atoms with E-state index in [0.29, 0.717) is 5.56 Å². The van der Waals surface area contributed by atoms with Crippen LogP contribution in [0.1, 0.15) is 29.8 Å². The molecule has 0 radical (unpaired) electrons. The zero-order valence-corrected chi connectivity index (χ0v) is 11.8. The van der Waals surface area contributed by atoms with E-state index in [0.717, 1.165) is 34.5 Å². The number of fused-ring (bicyclic) bond motifs is 3. The third kappa shape index (κ3) is 1.86. The fourth-order valence-corrected chi connectivity index (χ4v) is 2.65. The largest absolute Gasteiger partial charge is 0.497 e. The van der Waals surface area contributed by atoms with Crippen molar-refractivity contribution in [3.05, 3.63) is 47.5 Å². The molecule has 2 aromatic carbocycles. The molecule has 0 saturated heterocycles. The number of methoxy groups -OCH3 is 1. The molecule has 0 atom stereocenters. The summed E-state index contributed by atoms with van der Waals surface area (Å²) in [5, 5.41) is 0. The van der Waals surface area contributed by atoms with E-state index in [-0.39, 0.29) is 0 Å². The fourth-order valence-electron chi connectivity index (χ4n) is 2.65. The Bertz CT molecular complexity index is 687. The number of benzene rings is 2. The first-order chi connectivity index (χ1) is 9.55. The molecule has 3 heteroatoms. The molecule has 1 heterocycles. The van der Waals surface area contributed by atoms with Gasteiger partial charge < -0.3 is 9.47 Å². The van der Waals surface area contributed by atoms with Gasteiger partial charge in [0.2, 0.25) is 0 Å². The Morgan fingerprint density at radius 3 is 2.60 bits per heavy atom. The Labute approximate surface area is 118 Å². The van der Waals surface area contributed by atoms with Gasteiger partial charge in [0, 0.05) is 16.7 Å². The molecule has 3 rings (SSSR count). The molecule has 3 nitrogen and oxygen atoms in total. The Kier molecular flexibility index (Phi) is 2.78. The molecule has 102 valence electrons. The van der Waals surface area contributed by atoms with Crippen molar-refractivity contribution in [2.24, 2.45) is 0 Å². The van der Waals surface area contributed by atoms with Gasteiger partial charge in [0.15, 0.2) is 0 Å². The summed E-state index contributed by atoms with van der Waals surface area (Å²) >= 11 is 0. The summed E-state index contributed by atoms with van der Waals surface area (Å²) in [6, 6.07) is 11.4. The summed E-state index contributed by atoms with van der Waals surface area (Å²) in [6.45, 7) is 4.05. The van der Waals surface area contributed by atoms with Crippen LogP contribution in [-0.4, -0.2) is 13.4 Å². The molecule has 0 unspecified atom stereocenters. The summed E-state index contributed by atoms with van der Waals surface area (Å²) in [5.74, 6) is 1.58. The van der Waals surface area contributed by atoms with E-state index in [4.69, 9.17) is 9.47 Å². The van der Waals surface area contributed by atoms with Crippen molar-refractivity contribution in [2.45, 2.75) is 19.4 Å². The van der Waals surface area contributed by atoms with E-state index in [9.17, 15) is 4.79 Å². The Balaban J connectivity index is 2.29. The topological polar surface area (TPSA) is 35.5 Å². The fraction of sp³-hybridized carbons (Fsp3) is 0.235.